The number of halogens is 1. The molecule has 2 aromatic carbocycles. The Morgan fingerprint density at radius 2 is 1.85 bits per heavy atom. The predicted molar refractivity (Wildman–Crippen MR) is 104 cm³/mol. The van der Waals surface area contributed by atoms with Crippen LogP contribution in [0.4, 0.5) is 5.69 Å². The molecule has 2 rings (SSSR count). The Hall–Kier alpha value is -2.93. The Bertz CT molecular complexity index is 811. The Labute approximate surface area is 162 Å². The highest BCUT2D eigenvalue weighted by molar-refractivity contribution is 6.31. The van der Waals surface area contributed by atoms with E-state index in [0.29, 0.717) is 34.6 Å². The lowest BCUT2D eigenvalue weighted by Gasteiger charge is -2.10. The van der Waals surface area contributed by atoms with Gasteiger partial charge in [-0.2, -0.15) is 0 Å². The lowest BCUT2D eigenvalue weighted by atomic mass is 10.2. The van der Waals surface area contributed by atoms with Crippen molar-refractivity contribution in [2.45, 2.75) is 6.92 Å². The number of oxime groups is 1. The summed E-state index contributed by atoms with van der Waals surface area (Å²) in [5.41, 5.74) is 1.20. The maximum Gasteiger partial charge on any atom is 0.265 e. The summed E-state index contributed by atoms with van der Waals surface area (Å²) in [5, 5.41) is 6.93. The van der Waals surface area contributed by atoms with Gasteiger partial charge in [-0.1, -0.05) is 16.8 Å². The van der Waals surface area contributed by atoms with Crippen LogP contribution in [-0.4, -0.2) is 39.6 Å². The summed E-state index contributed by atoms with van der Waals surface area (Å²) in [6.45, 7) is 2.17. The summed E-state index contributed by atoms with van der Waals surface area (Å²) in [6.07, 6.45) is 1.48. The molecular weight excluding hydrogens is 372 g/mol. The fourth-order valence-electron chi connectivity index (χ4n) is 2.20. The van der Waals surface area contributed by atoms with Crippen molar-refractivity contribution in [1.82, 2.24) is 0 Å². The molecule has 0 radical (unpaired) electrons. The smallest absolute Gasteiger partial charge is 0.265 e. The van der Waals surface area contributed by atoms with Crippen molar-refractivity contribution in [3.8, 4) is 17.2 Å². The molecule has 0 aromatic heterocycles. The van der Waals surface area contributed by atoms with Gasteiger partial charge in [0.15, 0.2) is 18.1 Å². The van der Waals surface area contributed by atoms with Gasteiger partial charge in [-0.15, -0.1) is 0 Å². The highest BCUT2D eigenvalue weighted by atomic mass is 35.5. The largest absolute Gasteiger partial charge is 0.495 e. The van der Waals surface area contributed by atoms with E-state index in [2.05, 4.69) is 10.5 Å². The van der Waals surface area contributed by atoms with Gasteiger partial charge >= 0.3 is 0 Å². The van der Waals surface area contributed by atoms with E-state index in [0.717, 1.165) is 5.56 Å². The average molecular weight is 393 g/mol. The van der Waals surface area contributed by atoms with E-state index in [-0.39, 0.29) is 6.61 Å². The van der Waals surface area contributed by atoms with E-state index >= 15 is 0 Å². The average Bonchev–Trinajstić information content (AvgIpc) is 2.66. The minimum atomic E-state index is -0.392. The SMILES string of the molecule is CCOc1ccc(/C=N\OCC(=O)Nc2cc(Cl)ccc2OC)cc1OC. The molecule has 144 valence electrons. The number of carbonyl (C=O) groups is 1. The number of hydrogen-bond donors (Lipinski definition) is 1. The predicted octanol–water partition coefficient (Wildman–Crippen LogP) is 3.75. The molecule has 7 nitrogen and oxygen atoms in total. The third-order valence-corrected chi connectivity index (χ3v) is 3.63. The van der Waals surface area contributed by atoms with Crippen LogP contribution in [0.2, 0.25) is 5.02 Å². The number of methoxy groups -OCH3 is 2. The van der Waals surface area contributed by atoms with E-state index in [4.69, 9.17) is 30.6 Å². The third kappa shape index (κ3) is 6.07. The van der Waals surface area contributed by atoms with Crippen molar-refractivity contribution in [3.05, 3.63) is 47.0 Å². The van der Waals surface area contributed by atoms with Gasteiger partial charge in [0.05, 0.1) is 32.7 Å². The normalized spacial score (nSPS) is 10.5. The molecule has 1 amide bonds. The molecule has 0 saturated heterocycles. The van der Waals surface area contributed by atoms with Crippen LogP contribution in [0.25, 0.3) is 0 Å². The molecular formula is C19H21ClN2O5. The first-order chi connectivity index (χ1) is 13.1. The second kappa shape index (κ2) is 10.3. The highest BCUT2D eigenvalue weighted by Gasteiger charge is 2.09. The fourth-order valence-corrected chi connectivity index (χ4v) is 2.37. The van der Waals surface area contributed by atoms with Gasteiger partial charge in [0.1, 0.15) is 5.75 Å². The van der Waals surface area contributed by atoms with Crippen LogP contribution in [0.5, 0.6) is 17.2 Å². The van der Waals surface area contributed by atoms with Crippen LogP contribution in [0.15, 0.2) is 41.6 Å². The number of carbonyl (C=O) groups excluding carboxylic acids is 1. The van der Waals surface area contributed by atoms with E-state index in [1.807, 2.05) is 6.92 Å². The Morgan fingerprint density at radius 1 is 1.11 bits per heavy atom. The number of rotatable bonds is 9. The molecule has 0 bridgehead atoms. The van der Waals surface area contributed by atoms with E-state index in [1.165, 1.54) is 13.3 Å². The zero-order valence-electron chi connectivity index (χ0n) is 15.3. The van der Waals surface area contributed by atoms with Gasteiger partial charge in [-0.05, 0) is 43.3 Å². The summed E-state index contributed by atoms with van der Waals surface area (Å²) < 4.78 is 15.9. The molecule has 2 aromatic rings. The van der Waals surface area contributed by atoms with Crippen LogP contribution in [-0.2, 0) is 9.63 Å². The van der Waals surface area contributed by atoms with E-state index < -0.39 is 5.91 Å². The van der Waals surface area contributed by atoms with Crippen LogP contribution in [0.3, 0.4) is 0 Å². The zero-order valence-corrected chi connectivity index (χ0v) is 16.1. The number of hydrogen-bond acceptors (Lipinski definition) is 6. The van der Waals surface area contributed by atoms with Crippen molar-refractivity contribution in [3.63, 3.8) is 0 Å². The molecule has 0 aliphatic rings. The topological polar surface area (TPSA) is 78.4 Å². The van der Waals surface area contributed by atoms with Gasteiger partial charge in [0.2, 0.25) is 0 Å². The summed E-state index contributed by atoms with van der Waals surface area (Å²) in [7, 11) is 3.06. The van der Waals surface area contributed by atoms with E-state index in [9.17, 15) is 4.79 Å². The van der Waals surface area contributed by atoms with E-state index in [1.54, 1.807) is 43.5 Å². The number of benzene rings is 2. The minimum Gasteiger partial charge on any atom is -0.495 e. The fraction of sp³-hybridized carbons (Fsp3) is 0.263. The quantitative estimate of drug-likeness (QED) is 0.519. The molecule has 1 N–H and O–H groups in total. The lowest BCUT2D eigenvalue weighted by molar-refractivity contribution is -0.120. The van der Waals surface area contributed by atoms with Crippen molar-refractivity contribution >= 4 is 29.4 Å². The molecule has 8 heteroatoms. The molecule has 0 saturated carbocycles. The molecule has 0 spiro atoms. The van der Waals surface area contributed by atoms with Gasteiger partial charge in [-0.25, -0.2) is 0 Å². The van der Waals surface area contributed by atoms with Gasteiger partial charge < -0.3 is 24.4 Å². The first-order valence-electron chi connectivity index (χ1n) is 8.17. The van der Waals surface area contributed by atoms with Crippen molar-refractivity contribution < 1.29 is 23.8 Å². The Balaban J connectivity index is 1.90. The van der Waals surface area contributed by atoms with Gasteiger partial charge in [0.25, 0.3) is 5.91 Å². The summed E-state index contributed by atoms with van der Waals surface area (Å²) in [4.78, 5) is 17.0. The number of nitrogens with zero attached hydrogens (tertiary/aromatic N) is 1. The molecule has 0 aliphatic carbocycles. The van der Waals surface area contributed by atoms with Crippen LogP contribution < -0.4 is 19.5 Å². The van der Waals surface area contributed by atoms with Crippen LogP contribution >= 0.6 is 11.6 Å². The first-order valence-corrected chi connectivity index (χ1v) is 8.54. The Kier molecular flexibility index (Phi) is 7.76. The second-order valence-electron chi connectivity index (χ2n) is 5.24. The van der Waals surface area contributed by atoms with Gasteiger partial charge in [-0.3, -0.25) is 4.79 Å². The number of nitrogens with one attached hydrogen (secondary N) is 1. The molecule has 0 heterocycles. The molecule has 27 heavy (non-hydrogen) atoms. The zero-order chi connectivity index (χ0) is 19.6. The first kappa shape index (κ1) is 20.4. The summed E-state index contributed by atoms with van der Waals surface area (Å²) in [6, 6.07) is 10.3. The maximum atomic E-state index is 12.0. The van der Waals surface area contributed by atoms with Crippen molar-refractivity contribution in [2.24, 2.45) is 5.16 Å². The maximum absolute atomic E-state index is 12.0. The number of amides is 1. The standard InChI is InChI=1S/C19H21ClN2O5/c1-4-26-17-7-5-13(9-18(17)25-3)11-21-27-12-19(23)22-15-10-14(20)6-8-16(15)24-2/h5-11H,4,12H2,1-3H3,(H,22,23)/b21-11-. The molecule has 0 aliphatic heterocycles. The van der Waals surface area contributed by atoms with Gasteiger partial charge in [0, 0.05) is 10.6 Å². The van der Waals surface area contributed by atoms with Crippen molar-refractivity contribution in [2.75, 3.05) is 32.8 Å². The number of ether oxygens (including phenoxy) is 3. The summed E-state index contributed by atoms with van der Waals surface area (Å²) >= 11 is 5.93. The van der Waals surface area contributed by atoms with Crippen LogP contribution in [0, 0.1) is 0 Å². The monoisotopic (exact) mass is 392 g/mol. The Morgan fingerprint density at radius 3 is 2.56 bits per heavy atom. The highest BCUT2D eigenvalue weighted by Crippen LogP contribution is 2.28. The molecule has 0 unspecified atom stereocenters. The minimum absolute atomic E-state index is 0.264. The van der Waals surface area contributed by atoms with Crippen molar-refractivity contribution in [1.29, 1.82) is 0 Å². The lowest BCUT2D eigenvalue weighted by Crippen LogP contribution is -2.17. The molecule has 0 atom stereocenters. The molecule has 0 fully saturated rings. The number of anilines is 1. The second-order valence-corrected chi connectivity index (χ2v) is 5.68. The third-order valence-electron chi connectivity index (χ3n) is 3.40. The summed E-state index contributed by atoms with van der Waals surface area (Å²) in [5.74, 6) is 1.34. The van der Waals surface area contributed by atoms with Crippen LogP contribution in [0.1, 0.15) is 12.5 Å².